The Morgan fingerprint density at radius 2 is 0.795 bits per heavy atom. The lowest BCUT2D eigenvalue weighted by atomic mass is 9.57. The lowest BCUT2D eigenvalue weighted by molar-refractivity contribution is -0.143. The SMILES string of the molecule is CC(C)(C)[Si](C)(C)OC1C[C@@H]2C(=O)[C@H](C1)[C@H]1C=C[C@@H]2C12CC2.CC(C)(C)[Si](C)(C)OC1C[C@@H]2C(=O)[C@H](C1)[C@H]1C=C[C@@H]2C12CC2. The van der Waals surface area contributed by atoms with Gasteiger partial charge >= 0.3 is 0 Å². The minimum atomic E-state index is -1.74. The number of allylic oxidation sites excluding steroid dienone is 4. The topological polar surface area (TPSA) is 52.6 Å². The molecule has 8 aliphatic rings. The first-order chi connectivity index (χ1) is 20.3. The van der Waals surface area contributed by atoms with E-state index in [0.717, 1.165) is 25.7 Å². The highest BCUT2D eigenvalue weighted by molar-refractivity contribution is 6.74. The number of hydrogen-bond acceptors (Lipinski definition) is 4. The van der Waals surface area contributed by atoms with Crippen molar-refractivity contribution < 1.29 is 18.4 Å². The second-order valence-electron chi connectivity index (χ2n) is 19.5. The summed E-state index contributed by atoms with van der Waals surface area (Å²) in [6.45, 7) is 23.2. The van der Waals surface area contributed by atoms with Crippen molar-refractivity contribution >= 4 is 28.2 Å². The molecular formula is C38H60O4Si2. The van der Waals surface area contributed by atoms with E-state index in [0.29, 0.717) is 58.3 Å². The Kier molecular flexibility index (Phi) is 7.11. The van der Waals surface area contributed by atoms with E-state index < -0.39 is 16.6 Å². The summed E-state index contributed by atoms with van der Waals surface area (Å²) in [6, 6.07) is 0. The van der Waals surface area contributed by atoms with Crippen LogP contribution in [0.25, 0.3) is 0 Å². The quantitative estimate of drug-likeness (QED) is 0.228. The summed E-state index contributed by atoms with van der Waals surface area (Å²) in [5.41, 5.74) is 1.01. The van der Waals surface area contributed by atoms with Crippen LogP contribution < -0.4 is 0 Å². The zero-order chi connectivity index (χ0) is 31.8. The van der Waals surface area contributed by atoms with Crippen LogP contribution in [0.2, 0.25) is 36.3 Å². The van der Waals surface area contributed by atoms with Crippen LogP contribution in [0.3, 0.4) is 0 Å². The fourth-order valence-electron chi connectivity index (χ4n) is 10.5. The first kappa shape index (κ1) is 31.8. The number of carbonyl (C=O) groups excluding carboxylic acids is 2. The van der Waals surface area contributed by atoms with E-state index in [1.54, 1.807) is 0 Å². The first-order valence-electron chi connectivity index (χ1n) is 18.1. The third kappa shape index (κ3) is 4.68. The lowest BCUT2D eigenvalue weighted by Crippen LogP contribution is -2.53. The molecule has 244 valence electrons. The molecule has 0 N–H and O–H groups in total. The van der Waals surface area contributed by atoms with Crippen LogP contribution in [0.4, 0.5) is 0 Å². The molecule has 0 radical (unpaired) electrons. The van der Waals surface area contributed by atoms with Crippen LogP contribution in [0.5, 0.6) is 0 Å². The molecule has 0 aromatic heterocycles. The summed E-state index contributed by atoms with van der Waals surface area (Å²) >= 11 is 0. The highest BCUT2D eigenvalue weighted by atomic mass is 28.4. The molecule has 0 heterocycles. The van der Waals surface area contributed by atoms with Crippen molar-refractivity contribution in [3.05, 3.63) is 24.3 Å². The maximum atomic E-state index is 12.8. The van der Waals surface area contributed by atoms with E-state index in [1.165, 1.54) is 25.7 Å². The highest BCUT2D eigenvalue weighted by Gasteiger charge is 2.68. The van der Waals surface area contributed by atoms with Gasteiger partial charge in [-0.2, -0.15) is 0 Å². The average Bonchev–Trinajstić information content (AvgIpc) is 3.78. The standard InChI is InChI=1S/2C19H30O2Si/c2*1-18(2,3)22(4,5)21-12-10-13-15-6-7-16(19(15)8-9-19)14(11-12)17(13)20/h2*6-7,12-16H,8-11H2,1-5H3/t2*12?,13-,14+,15-,16+. The molecule has 44 heavy (non-hydrogen) atoms. The number of hydrogen-bond donors (Lipinski definition) is 0. The van der Waals surface area contributed by atoms with E-state index in [9.17, 15) is 9.59 Å². The monoisotopic (exact) mass is 636 g/mol. The average molecular weight is 637 g/mol. The molecule has 6 fully saturated rings. The third-order valence-corrected chi connectivity index (χ3v) is 24.2. The lowest BCUT2D eigenvalue weighted by Gasteiger charge is -2.49. The van der Waals surface area contributed by atoms with Crippen LogP contribution in [-0.4, -0.2) is 40.4 Å². The predicted octanol–water partition coefficient (Wildman–Crippen LogP) is 9.14. The maximum absolute atomic E-state index is 12.8. The second kappa shape index (κ2) is 9.86. The molecule has 0 amide bonds. The van der Waals surface area contributed by atoms with Gasteiger partial charge < -0.3 is 8.85 Å². The van der Waals surface area contributed by atoms with Crippen molar-refractivity contribution in [1.29, 1.82) is 0 Å². The van der Waals surface area contributed by atoms with Gasteiger partial charge in [0.15, 0.2) is 16.6 Å². The molecule has 0 saturated heterocycles. The summed E-state index contributed by atoms with van der Waals surface area (Å²) in [5, 5.41) is 0.497. The molecule has 2 spiro atoms. The molecule has 8 bridgehead atoms. The van der Waals surface area contributed by atoms with Crippen molar-refractivity contribution in [3.63, 3.8) is 0 Å². The Morgan fingerprint density at radius 1 is 0.545 bits per heavy atom. The number of fused-ring (bicyclic) bond motifs is 8. The normalized spacial score (nSPS) is 42.0. The van der Waals surface area contributed by atoms with Crippen LogP contribution >= 0.6 is 0 Å². The van der Waals surface area contributed by atoms with Crippen LogP contribution in [-0.2, 0) is 18.4 Å². The Morgan fingerprint density at radius 3 is 1.00 bits per heavy atom. The van der Waals surface area contributed by atoms with Gasteiger partial charge in [0.25, 0.3) is 0 Å². The van der Waals surface area contributed by atoms with E-state index in [2.05, 4.69) is 92.0 Å². The first-order valence-corrected chi connectivity index (χ1v) is 23.9. The molecule has 6 saturated carbocycles. The summed E-state index contributed by atoms with van der Waals surface area (Å²) in [4.78, 5) is 25.6. The molecule has 0 aromatic rings. The highest BCUT2D eigenvalue weighted by Crippen LogP contribution is 2.71. The predicted molar refractivity (Wildman–Crippen MR) is 182 cm³/mol. The fraction of sp³-hybridized carbons (Fsp3) is 0.842. The number of carbonyl (C=O) groups is 2. The number of rotatable bonds is 4. The van der Waals surface area contributed by atoms with Gasteiger partial charge in [-0.05, 0) is 122 Å². The Bertz CT molecular complexity index is 1120. The zero-order valence-electron chi connectivity index (χ0n) is 29.4. The van der Waals surface area contributed by atoms with Gasteiger partial charge in [-0.3, -0.25) is 9.59 Å². The Labute approximate surface area is 269 Å². The molecule has 0 aromatic carbocycles. The molecule has 8 rings (SSSR count). The second-order valence-corrected chi connectivity index (χ2v) is 29.0. The molecule has 0 aliphatic heterocycles. The molecule has 4 nitrogen and oxygen atoms in total. The van der Waals surface area contributed by atoms with Crippen molar-refractivity contribution in [2.45, 2.75) is 141 Å². The molecule has 2 unspecified atom stereocenters. The molecule has 6 heteroatoms. The van der Waals surface area contributed by atoms with Crippen LogP contribution in [0.15, 0.2) is 24.3 Å². The van der Waals surface area contributed by atoms with E-state index in [1.807, 2.05) is 0 Å². The summed E-state index contributed by atoms with van der Waals surface area (Å²) in [7, 11) is -3.48. The van der Waals surface area contributed by atoms with Crippen LogP contribution in [0.1, 0.15) is 92.9 Å². The van der Waals surface area contributed by atoms with Gasteiger partial charge in [-0.1, -0.05) is 65.8 Å². The van der Waals surface area contributed by atoms with Gasteiger partial charge in [0.1, 0.15) is 11.6 Å². The molecule has 10 atom stereocenters. The largest absolute Gasteiger partial charge is 0.414 e. The minimum Gasteiger partial charge on any atom is -0.414 e. The Balaban J connectivity index is 0.000000142. The van der Waals surface area contributed by atoms with Gasteiger partial charge in [0.05, 0.1) is 0 Å². The summed E-state index contributed by atoms with van der Waals surface area (Å²) < 4.78 is 13.4. The van der Waals surface area contributed by atoms with Crippen molar-refractivity contribution in [2.75, 3.05) is 0 Å². The van der Waals surface area contributed by atoms with Crippen molar-refractivity contribution in [3.8, 4) is 0 Å². The van der Waals surface area contributed by atoms with E-state index >= 15 is 0 Å². The van der Waals surface area contributed by atoms with E-state index in [4.69, 9.17) is 8.85 Å². The smallest absolute Gasteiger partial charge is 0.192 e. The van der Waals surface area contributed by atoms with Gasteiger partial charge in [-0.25, -0.2) is 0 Å². The maximum Gasteiger partial charge on any atom is 0.192 e. The third-order valence-electron chi connectivity index (χ3n) is 15.2. The fourth-order valence-corrected chi connectivity index (χ4v) is 13.2. The van der Waals surface area contributed by atoms with E-state index in [-0.39, 0.29) is 33.7 Å². The van der Waals surface area contributed by atoms with Crippen molar-refractivity contribution in [1.82, 2.24) is 0 Å². The van der Waals surface area contributed by atoms with Crippen molar-refractivity contribution in [2.24, 2.45) is 58.2 Å². The summed E-state index contributed by atoms with van der Waals surface area (Å²) in [5.74, 6) is 4.28. The van der Waals surface area contributed by atoms with Gasteiger partial charge in [0.2, 0.25) is 0 Å². The molecular weight excluding hydrogens is 577 g/mol. The van der Waals surface area contributed by atoms with Gasteiger partial charge in [-0.15, -0.1) is 0 Å². The number of Topliss-reactive ketones (excluding diaryl/α,β-unsaturated/α-hetero) is 2. The zero-order valence-corrected chi connectivity index (χ0v) is 31.4. The molecule has 8 aliphatic carbocycles. The van der Waals surface area contributed by atoms with Gasteiger partial charge in [0, 0.05) is 35.9 Å². The summed E-state index contributed by atoms with van der Waals surface area (Å²) in [6.07, 6.45) is 19.5. The minimum absolute atomic E-state index is 0.249. The van der Waals surface area contributed by atoms with Crippen LogP contribution in [0, 0.1) is 58.2 Å². The Hall–Kier alpha value is -0.826. The number of ketones is 2.